The summed E-state index contributed by atoms with van der Waals surface area (Å²) in [4.78, 5) is 0. The molecule has 0 rings (SSSR count). The molecule has 0 aromatic rings. The second-order valence-corrected chi connectivity index (χ2v) is 11.1. The molecule has 0 nitrogen and oxygen atoms in total. The van der Waals surface area contributed by atoms with Gasteiger partial charge in [0.15, 0.2) is 7.59 Å². The van der Waals surface area contributed by atoms with Crippen LogP contribution in [0.5, 0.6) is 0 Å². The summed E-state index contributed by atoms with van der Waals surface area (Å²) in [6, 6.07) is 0. The zero-order chi connectivity index (χ0) is 15.8. The van der Waals surface area contributed by atoms with E-state index < -0.39 is 7.59 Å². The number of alkyl halides is 8. The Kier molecular flexibility index (Phi) is 12.2. The molecule has 0 saturated heterocycles. The van der Waals surface area contributed by atoms with E-state index in [2.05, 4.69) is 0 Å². The Morgan fingerprint density at radius 1 is 0.550 bits per heavy atom. The largest absolute Gasteiger partial charge is 0.192 e. The number of unbranched alkanes of at least 4 members (excludes halogenated alkanes) is 3. The summed E-state index contributed by atoms with van der Waals surface area (Å²) in [7, 11) is 0. The van der Waals surface area contributed by atoms with Crippen LogP contribution in [0.4, 0.5) is 0 Å². The van der Waals surface area contributed by atoms with Gasteiger partial charge in [0.05, 0.1) is 0 Å². The lowest BCUT2D eigenvalue weighted by Crippen LogP contribution is -2.12. The highest BCUT2D eigenvalue weighted by Crippen LogP contribution is 2.35. The number of rotatable bonds is 9. The summed E-state index contributed by atoms with van der Waals surface area (Å²) < 4.78 is -2.54. The van der Waals surface area contributed by atoms with E-state index in [9.17, 15) is 0 Å². The van der Waals surface area contributed by atoms with Crippen molar-refractivity contribution in [2.45, 2.75) is 69.7 Å². The van der Waals surface area contributed by atoms with Gasteiger partial charge in [0, 0.05) is 23.6 Å². The van der Waals surface area contributed by atoms with Crippen LogP contribution in [0.1, 0.15) is 51.4 Å². The van der Waals surface area contributed by atoms with E-state index in [1.165, 1.54) is 0 Å². The highest BCUT2D eigenvalue weighted by Gasteiger charge is 2.24. The summed E-state index contributed by atoms with van der Waals surface area (Å²) in [5.74, 6) is 0. The van der Waals surface area contributed by atoms with E-state index in [1.807, 2.05) is 0 Å². The summed E-state index contributed by atoms with van der Waals surface area (Å²) in [6.45, 7) is 0. The van der Waals surface area contributed by atoms with Gasteiger partial charge in [0.1, 0.15) is 0 Å². The molecule has 0 N–H and O–H groups in total. The third-order valence-corrected chi connectivity index (χ3v) is 4.36. The van der Waals surface area contributed by atoms with Crippen molar-refractivity contribution < 1.29 is 0 Å². The standard InChI is InChI=1S/C12H18Cl8/c13-9(7-11(15,16)17)5-3-1-2-4-6-10(14)8-12(18,19)20/h9-10H,1-8H2/t9-,10-/m0/s1. The number of hydrogen-bond donors (Lipinski definition) is 0. The van der Waals surface area contributed by atoms with Gasteiger partial charge in [-0.3, -0.25) is 0 Å². The molecule has 0 bridgehead atoms. The maximum Gasteiger partial charge on any atom is 0.192 e. The van der Waals surface area contributed by atoms with Crippen LogP contribution in [0, 0.1) is 0 Å². The highest BCUT2D eigenvalue weighted by atomic mass is 35.6. The van der Waals surface area contributed by atoms with Gasteiger partial charge in [-0.25, -0.2) is 0 Å². The Morgan fingerprint density at radius 3 is 1.10 bits per heavy atom. The van der Waals surface area contributed by atoms with Crippen LogP contribution in [0.15, 0.2) is 0 Å². The minimum Gasteiger partial charge on any atom is -0.123 e. The molecule has 0 spiro atoms. The van der Waals surface area contributed by atoms with Crippen LogP contribution in [-0.4, -0.2) is 18.3 Å². The van der Waals surface area contributed by atoms with Crippen LogP contribution >= 0.6 is 92.8 Å². The van der Waals surface area contributed by atoms with Crippen molar-refractivity contribution in [2.75, 3.05) is 0 Å². The average molecular weight is 446 g/mol. The SMILES string of the molecule is Cl[C@@H](CCCCCC[C@H](Cl)CC(Cl)(Cl)Cl)CC(Cl)(Cl)Cl. The van der Waals surface area contributed by atoms with Crippen molar-refractivity contribution in [3.05, 3.63) is 0 Å². The van der Waals surface area contributed by atoms with Gasteiger partial charge in [-0.1, -0.05) is 95.3 Å². The molecule has 0 aromatic heterocycles. The first kappa shape index (κ1) is 22.3. The lowest BCUT2D eigenvalue weighted by molar-refractivity contribution is 0.560. The number of halogens is 8. The normalized spacial score (nSPS) is 16.2. The summed E-state index contributed by atoms with van der Waals surface area (Å²) in [5.41, 5.74) is 0. The summed E-state index contributed by atoms with van der Waals surface area (Å²) in [5, 5.41) is -0.208. The molecule has 0 radical (unpaired) electrons. The zero-order valence-electron chi connectivity index (χ0n) is 10.8. The van der Waals surface area contributed by atoms with Gasteiger partial charge in [-0.2, -0.15) is 0 Å². The third kappa shape index (κ3) is 16.7. The fourth-order valence-corrected chi connectivity index (χ4v) is 4.15. The van der Waals surface area contributed by atoms with Crippen molar-refractivity contribution in [2.24, 2.45) is 0 Å². The van der Waals surface area contributed by atoms with Crippen LogP contribution in [0.25, 0.3) is 0 Å². The molecule has 0 unspecified atom stereocenters. The smallest absolute Gasteiger partial charge is 0.123 e. The molecule has 0 aromatic carbocycles. The molecule has 0 fully saturated rings. The van der Waals surface area contributed by atoms with Crippen molar-refractivity contribution in [3.8, 4) is 0 Å². The quantitative estimate of drug-likeness (QED) is 0.248. The predicted molar refractivity (Wildman–Crippen MR) is 96.8 cm³/mol. The zero-order valence-corrected chi connectivity index (χ0v) is 16.9. The van der Waals surface area contributed by atoms with E-state index in [0.29, 0.717) is 12.8 Å². The second-order valence-electron chi connectivity index (χ2n) is 4.82. The molecule has 0 heterocycles. The van der Waals surface area contributed by atoms with Gasteiger partial charge in [-0.05, 0) is 12.8 Å². The number of hydrogen-bond acceptors (Lipinski definition) is 0. The first-order valence-electron chi connectivity index (χ1n) is 6.41. The van der Waals surface area contributed by atoms with Crippen molar-refractivity contribution >= 4 is 92.8 Å². The minimum atomic E-state index is -1.27. The lowest BCUT2D eigenvalue weighted by atomic mass is 10.1. The van der Waals surface area contributed by atoms with Crippen molar-refractivity contribution in [3.63, 3.8) is 0 Å². The monoisotopic (exact) mass is 442 g/mol. The third-order valence-electron chi connectivity index (χ3n) is 2.69. The van der Waals surface area contributed by atoms with Crippen LogP contribution in [-0.2, 0) is 0 Å². The predicted octanol–water partition coefficient (Wildman–Crippen LogP) is 8.06. The molecule has 20 heavy (non-hydrogen) atoms. The van der Waals surface area contributed by atoms with E-state index >= 15 is 0 Å². The topological polar surface area (TPSA) is 0 Å². The fourth-order valence-electron chi connectivity index (χ4n) is 1.79. The second kappa shape index (κ2) is 11.0. The summed E-state index contributed by atoms with van der Waals surface area (Å²) in [6.07, 6.45) is 6.57. The Balaban J connectivity index is 3.49. The van der Waals surface area contributed by atoms with Crippen LogP contribution in [0.3, 0.4) is 0 Å². The molecule has 8 heteroatoms. The van der Waals surface area contributed by atoms with E-state index in [-0.39, 0.29) is 10.8 Å². The molecule has 0 amide bonds. The van der Waals surface area contributed by atoms with Gasteiger partial charge in [0.2, 0.25) is 0 Å². The Bertz CT molecular complexity index is 219. The minimum absolute atomic E-state index is 0.104. The van der Waals surface area contributed by atoms with Gasteiger partial charge in [-0.15, -0.1) is 23.2 Å². The molecule has 0 aliphatic rings. The molecule has 0 aliphatic carbocycles. The molecular formula is C12H18Cl8. The van der Waals surface area contributed by atoms with Crippen LogP contribution in [0.2, 0.25) is 0 Å². The van der Waals surface area contributed by atoms with Gasteiger partial charge >= 0.3 is 0 Å². The van der Waals surface area contributed by atoms with E-state index in [4.69, 9.17) is 92.8 Å². The molecule has 122 valence electrons. The Labute approximate surface area is 161 Å². The first-order valence-corrected chi connectivity index (χ1v) is 9.55. The Morgan fingerprint density at radius 2 is 0.850 bits per heavy atom. The summed E-state index contributed by atoms with van der Waals surface area (Å²) >= 11 is 46.2. The average Bonchev–Trinajstić information content (AvgIpc) is 2.17. The van der Waals surface area contributed by atoms with Crippen molar-refractivity contribution in [1.29, 1.82) is 0 Å². The van der Waals surface area contributed by atoms with Gasteiger partial charge in [0.25, 0.3) is 0 Å². The highest BCUT2D eigenvalue weighted by molar-refractivity contribution is 6.68. The maximum absolute atomic E-state index is 6.08. The molecule has 0 aliphatic heterocycles. The van der Waals surface area contributed by atoms with Gasteiger partial charge < -0.3 is 0 Å². The molecule has 2 atom stereocenters. The molecule has 0 saturated carbocycles. The fraction of sp³-hybridized carbons (Fsp3) is 1.00. The first-order chi connectivity index (χ1) is 8.99. The van der Waals surface area contributed by atoms with E-state index in [0.717, 1.165) is 38.5 Å². The van der Waals surface area contributed by atoms with Crippen molar-refractivity contribution in [1.82, 2.24) is 0 Å². The Hall–Kier alpha value is 2.32. The lowest BCUT2D eigenvalue weighted by Gasteiger charge is -2.16. The van der Waals surface area contributed by atoms with Crippen LogP contribution < -0.4 is 0 Å². The molecular weight excluding hydrogens is 428 g/mol. The van der Waals surface area contributed by atoms with E-state index in [1.54, 1.807) is 0 Å². The maximum atomic E-state index is 6.08.